The molecular formula is C32H28N6O3. The predicted octanol–water partition coefficient (Wildman–Crippen LogP) is 6.70. The Bertz CT molecular complexity index is 1800. The number of anilines is 2. The summed E-state index contributed by atoms with van der Waals surface area (Å²) < 4.78 is 19.5. The monoisotopic (exact) mass is 544 g/mol. The number of hydrogen-bond acceptors (Lipinski definition) is 8. The second-order valence-corrected chi connectivity index (χ2v) is 9.68. The van der Waals surface area contributed by atoms with Gasteiger partial charge in [0.2, 0.25) is 11.8 Å². The molecule has 2 heterocycles. The molecular weight excluding hydrogens is 516 g/mol. The Labute approximate surface area is 238 Å². The highest BCUT2D eigenvalue weighted by Crippen LogP contribution is 2.36. The van der Waals surface area contributed by atoms with Crippen LogP contribution in [0, 0.1) is 43.4 Å². The fourth-order valence-electron chi connectivity index (χ4n) is 4.76. The first-order valence-electron chi connectivity index (χ1n) is 12.9. The van der Waals surface area contributed by atoms with Crippen LogP contribution in [-0.2, 0) is 6.54 Å². The Morgan fingerprint density at radius 2 is 1.44 bits per heavy atom. The molecule has 0 saturated carbocycles. The number of benzene rings is 3. The molecule has 5 aromatic rings. The van der Waals surface area contributed by atoms with Crippen LogP contribution in [0.15, 0.2) is 60.8 Å². The highest BCUT2D eigenvalue weighted by atomic mass is 16.5. The average Bonchev–Trinajstić information content (AvgIpc) is 3.29. The van der Waals surface area contributed by atoms with Gasteiger partial charge in [-0.05, 0) is 91.6 Å². The molecule has 204 valence electrons. The van der Waals surface area contributed by atoms with Gasteiger partial charge in [-0.1, -0.05) is 0 Å². The number of nitriles is 2. The molecule has 41 heavy (non-hydrogen) atoms. The molecule has 9 heteroatoms. The molecule has 9 nitrogen and oxygen atoms in total. The van der Waals surface area contributed by atoms with Crippen molar-refractivity contribution in [3.63, 3.8) is 0 Å². The summed E-state index contributed by atoms with van der Waals surface area (Å²) in [4.78, 5) is 9.63. The topological polar surface area (TPSA) is 118 Å². The van der Waals surface area contributed by atoms with Gasteiger partial charge < -0.3 is 24.1 Å². The minimum Gasteiger partial charge on any atom is -0.497 e. The van der Waals surface area contributed by atoms with Crippen molar-refractivity contribution in [1.82, 2.24) is 14.5 Å². The van der Waals surface area contributed by atoms with Crippen LogP contribution in [0.2, 0.25) is 0 Å². The second-order valence-electron chi connectivity index (χ2n) is 9.68. The quantitative estimate of drug-likeness (QED) is 0.229. The van der Waals surface area contributed by atoms with Gasteiger partial charge in [-0.2, -0.15) is 15.5 Å². The number of rotatable bonds is 8. The maximum absolute atomic E-state index is 9.41. The number of fused-ring (bicyclic) bond motifs is 1. The van der Waals surface area contributed by atoms with E-state index in [-0.39, 0.29) is 0 Å². The normalized spacial score (nSPS) is 10.6. The summed E-state index contributed by atoms with van der Waals surface area (Å²) in [7, 11) is 3.25. The largest absolute Gasteiger partial charge is 0.497 e. The molecule has 0 aliphatic carbocycles. The zero-order valence-electron chi connectivity index (χ0n) is 23.4. The number of aryl methyl sites for hydroxylation is 3. The Balaban J connectivity index is 1.65. The molecule has 0 aliphatic rings. The summed E-state index contributed by atoms with van der Waals surface area (Å²) in [5.74, 6) is 2.73. The van der Waals surface area contributed by atoms with Crippen LogP contribution in [-0.4, -0.2) is 28.8 Å². The molecule has 2 aromatic heterocycles. The SMILES string of the molecule is COc1cc(Cn2cc(C)c3nc(Nc4ccc(C#N)cc4)nc(Oc4c(C)cc(C#N)cc4C)c32)cc(OC)c1. The highest BCUT2D eigenvalue weighted by molar-refractivity contribution is 5.86. The molecule has 0 aliphatic heterocycles. The van der Waals surface area contributed by atoms with Crippen LogP contribution >= 0.6 is 0 Å². The Hall–Kier alpha value is -5.54. The van der Waals surface area contributed by atoms with Gasteiger partial charge in [-0.15, -0.1) is 0 Å². The van der Waals surface area contributed by atoms with E-state index >= 15 is 0 Å². The van der Waals surface area contributed by atoms with Gasteiger partial charge in [0.1, 0.15) is 28.3 Å². The van der Waals surface area contributed by atoms with Gasteiger partial charge in [-0.25, -0.2) is 4.98 Å². The fourth-order valence-corrected chi connectivity index (χ4v) is 4.76. The molecule has 1 N–H and O–H groups in total. The van der Waals surface area contributed by atoms with Gasteiger partial charge in [-0.3, -0.25) is 0 Å². The number of nitrogens with one attached hydrogen (secondary N) is 1. The van der Waals surface area contributed by atoms with Gasteiger partial charge in [0.25, 0.3) is 0 Å². The van der Waals surface area contributed by atoms with E-state index in [1.807, 2.05) is 49.7 Å². The third kappa shape index (κ3) is 5.61. The Morgan fingerprint density at radius 3 is 2.02 bits per heavy atom. The van der Waals surface area contributed by atoms with Gasteiger partial charge >= 0.3 is 0 Å². The lowest BCUT2D eigenvalue weighted by atomic mass is 10.1. The number of methoxy groups -OCH3 is 2. The molecule has 0 bridgehead atoms. The molecule has 3 aromatic carbocycles. The van der Waals surface area contributed by atoms with Crippen molar-refractivity contribution in [2.24, 2.45) is 0 Å². The maximum Gasteiger partial charge on any atom is 0.249 e. The smallest absolute Gasteiger partial charge is 0.249 e. The maximum atomic E-state index is 9.41. The standard InChI is InChI=1S/C32H28N6O3/c1-19-10-23(16-34)11-20(2)30(19)41-31-29-28(36-32(37-31)35-25-8-6-22(15-33)7-9-25)21(3)17-38(29)18-24-12-26(39-4)14-27(13-24)40-5/h6-14,17H,18H2,1-5H3,(H,35,36,37). The molecule has 0 radical (unpaired) electrons. The van der Waals surface area contributed by atoms with E-state index in [0.717, 1.165) is 39.0 Å². The van der Waals surface area contributed by atoms with E-state index in [1.165, 1.54) is 0 Å². The third-order valence-electron chi connectivity index (χ3n) is 6.68. The zero-order valence-corrected chi connectivity index (χ0v) is 23.4. The Kier molecular flexibility index (Phi) is 7.45. The Morgan fingerprint density at radius 1 is 0.805 bits per heavy atom. The summed E-state index contributed by atoms with van der Waals surface area (Å²) in [5.41, 5.74) is 6.86. The van der Waals surface area contributed by atoms with Crippen LogP contribution < -0.4 is 19.5 Å². The molecule has 0 amide bonds. The van der Waals surface area contributed by atoms with Crippen LogP contribution in [0.25, 0.3) is 11.0 Å². The fraction of sp³-hybridized carbons (Fsp3) is 0.188. The first-order chi connectivity index (χ1) is 19.8. The van der Waals surface area contributed by atoms with Crippen LogP contribution in [0.5, 0.6) is 23.1 Å². The highest BCUT2D eigenvalue weighted by Gasteiger charge is 2.20. The van der Waals surface area contributed by atoms with Crippen LogP contribution in [0.4, 0.5) is 11.6 Å². The zero-order chi connectivity index (χ0) is 29.1. The van der Waals surface area contributed by atoms with Crippen molar-refractivity contribution in [1.29, 1.82) is 10.5 Å². The van der Waals surface area contributed by atoms with E-state index in [4.69, 9.17) is 29.4 Å². The first kappa shape index (κ1) is 27.0. The molecule has 0 unspecified atom stereocenters. The summed E-state index contributed by atoms with van der Waals surface area (Å²) in [6.45, 7) is 6.30. The minimum absolute atomic E-state index is 0.352. The molecule has 0 spiro atoms. The van der Waals surface area contributed by atoms with E-state index in [1.54, 1.807) is 50.6 Å². The minimum atomic E-state index is 0.352. The van der Waals surface area contributed by atoms with Crippen molar-refractivity contribution in [3.05, 3.63) is 94.2 Å². The number of nitrogens with zero attached hydrogens (tertiary/aromatic N) is 5. The van der Waals surface area contributed by atoms with Gasteiger partial charge in [0, 0.05) is 24.5 Å². The molecule has 5 rings (SSSR count). The van der Waals surface area contributed by atoms with Crippen LogP contribution in [0.3, 0.4) is 0 Å². The van der Waals surface area contributed by atoms with Gasteiger partial charge in [0.15, 0.2) is 0 Å². The molecule has 0 atom stereocenters. The van der Waals surface area contributed by atoms with Crippen molar-refractivity contribution in [2.45, 2.75) is 27.3 Å². The lowest BCUT2D eigenvalue weighted by Crippen LogP contribution is -2.05. The summed E-state index contributed by atoms with van der Waals surface area (Å²) >= 11 is 0. The third-order valence-corrected chi connectivity index (χ3v) is 6.68. The van der Waals surface area contributed by atoms with Crippen molar-refractivity contribution in [2.75, 3.05) is 19.5 Å². The van der Waals surface area contributed by atoms with E-state index in [0.29, 0.717) is 46.7 Å². The molecule has 0 saturated heterocycles. The molecule has 0 fully saturated rings. The van der Waals surface area contributed by atoms with Crippen LogP contribution in [0.1, 0.15) is 33.4 Å². The predicted molar refractivity (Wildman–Crippen MR) is 156 cm³/mol. The van der Waals surface area contributed by atoms with Crippen molar-refractivity contribution in [3.8, 4) is 35.3 Å². The first-order valence-corrected chi connectivity index (χ1v) is 12.9. The van der Waals surface area contributed by atoms with Gasteiger partial charge in [0.05, 0.1) is 37.5 Å². The van der Waals surface area contributed by atoms with Crippen molar-refractivity contribution < 1.29 is 14.2 Å². The number of ether oxygens (including phenoxy) is 3. The lowest BCUT2D eigenvalue weighted by molar-refractivity contribution is 0.393. The van der Waals surface area contributed by atoms with E-state index in [9.17, 15) is 5.26 Å². The van der Waals surface area contributed by atoms with E-state index < -0.39 is 0 Å². The average molecular weight is 545 g/mol. The van der Waals surface area contributed by atoms with Crippen molar-refractivity contribution >= 4 is 22.7 Å². The number of hydrogen-bond donors (Lipinski definition) is 1. The summed E-state index contributed by atoms with van der Waals surface area (Å²) in [5, 5.41) is 21.8. The summed E-state index contributed by atoms with van der Waals surface area (Å²) in [6.07, 6.45) is 2.02. The second kappa shape index (κ2) is 11.3. The number of aromatic nitrogens is 3. The lowest BCUT2D eigenvalue weighted by Gasteiger charge is -2.16. The van der Waals surface area contributed by atoms with E-state index in [2.05, 4.69) is 17.5 Å². The summed E-state index contributed by atoms with van der Waals surface area (Å²) in [6, 6.07) is 20.7.